The summed E-state index contributed by atoms with van der Waals surface area (Å²) in [5, 5.41) is 7.69. The zero-order valence-electron chi connectivity index (χ0n) is 10.9. The van der Waals surface area contributed by atoms with Gasteiger partial charge in [-0.1, -0.05) is 6.92 Å². The lowest BCUT2D eigenvalue weighted by Gasteiger charge is -2.27. The first-order valence-electron chi connectivity index (χ1n) is 6.32. The summed E-state index contributed by atoms with van der Waals surface area (Å²) in [5.74, 6) is 0. The van der Waals surface area contributed by atoms with Crippen molar-refractivity contribution in [2.45, 2.75) is 32.4 Å². The molecule has 2 heterocycles. The number of hydrogen-bond donors (Lipinski definition) is 1. The number of aromatic nitrogens is 2. The Labute approximate surface area is 122 Å². The Morgan fingerprint density at radius 3 is 2.78 bits per heavy atom. The predicted molar refractivity (Wildman–Crippen MR) is 79.9 cm³/mol. The zero-order valence-corrected chi connectivity index (χ0v) is 12.6. The van der Waals surface area contributed by atoms with Crippen molar-refractivity contribution in [1.29, 1.82) is 0 Å². The van der Waals surface area contributed by atoms with Crippen LogP contribution in [0.3, 0.4) is 0 Å². The zero-order chi connectivity index (χ0) is 11.2. The monoisotopic (exact) mass is 294 g/mol. The van der Waals surface area contributed by atoms with E-state index in [1.165, 1.54) is 25.9 Å². The molecule has 4 nitrogen and oxygen atoms in total. The van der Waals surface area contributed by atoms with Gasteiger partial charge in [0.25, 0.3) is 0 Å². The average molecular weight is 295 g/mol. The minimum atomic E-state index is 0. The molecule has 1 aliphatic heterocycles. The fraction of sp³-hybridized carbons (Fsp3) is 0.750. The highest BCUT2D eigenvalue weighted by Crippen LogP contribution is 2.09. The van der Waals surface area contributed by atoms with Gasteiger partial charge in [-0.2, -0.15) is 5.10 Å². The topological polar surface area (TPSA) is 33.1 Å². The molecule has 0 saturated carbocycles. The second kappa shape index (κ2) is 9.62. The lowest BCUT2D eigenvalue weighted by molar-refractivity contribution is 0.198. The summed E-state index contributed by atoms with van der Waals surface area (Å²) in [5.41, 5.74) is 0. The van der Waals surface area contributed by atoms with Crippen LogP contribution in [0, 0.1) is 0 Å². The van der Waals surface area contributed by atoms with E-state index in [2.05, 4.69) is 22.2 Å². The summed E-state index contributed by atoms with van der Waals surface area (Å²) in [4.78, 5) is 2.60. The van der Waals surface area contributed by atoms with Crippen LogP contribution in [0.1, 0.15) is 19.8 Å². The summed E-state index contributed by atoms with van der Waals surface area (Å²) in [7, 11) is 0. The van der Waals surface area contributed by atoms with Crippen molar-refractivity contribution in [2.75, 3.05) is 26.2 Å². The smallest absolute Gasteiger partial charge is 0.0536 e. The van der Waals surface area contributed by atoms with Gasteiger partial charge < -0.3 is 5.32 Å². The van der Waals surface area contributed by atoms with E-state index < -0.39 is 0 Å². The Morgan fingerprint density at radius 2 is 2.22 bits per heavy atom. The van der Waals surface area contributed by atoms with Gasteiger partial charge in [0.05, 0.1) is 6.54 Å². The summed E-state index contributed by atoms with van der Waals surface area (Å²) < 4.78 is 2.02. The first-order chi connectivity index (χ1) is 7.90. The van der Waals surface area contributed by atoms with Crippen molar-refractivity contribution >= 4 is 24.8 Å². The average Bonchev–Trinajstić information content (AvgIpc) is 2.96. The van der Waals surface area contributed by atoms with Gasteiger partial charge in [0.2, 0.25) is 0 Å². The van der Waals surface area contributed by atoms with Gasteiger partial charge in [0.1, 0.15) is 0 Å². The van der Waals surface area contributed by atoms with Crippen LogP contribution in [0.15, 0.2) is 18.5 Å². The molecule has 1 aliphatic rings. The van der Waals surface area contributed by atoms with Crippen LogP contribution in [0.5, 0.6) is 0 Å². The maximum atomic E-state index is 4.25. The molecule has 106 valence electrons. The van der Waals surface area contributed by atoms with Gasteiger partial charge in [0, 0.05) is 31.5 Å². The first-order valence-corrected chi connectivity index (χ1v) is 6.32. The van der Waals surface area contributed by atoms with Gasteiger partial charge >= 0.3 is 0 Å². The van der Waals surface area contributed by atoms with E-state index in [4.69, 9.17) is 0 Å². The quantitative estimate of drug-likeness (QED) is 0.869. The standard InChI is InChI=1S/C12H22N4.2ClH/c1-2-7-15(12-4-6-13-11-12)9-10-16-8-3-5-14-16;;/h3,5,8,12-13H,2,4,6-7,9-11H2,1H3;2*1H. The Hall–Kier alpha value is -0.290. The molecule has 0 radical (unpaired) electrons. The third-order valence-corrected chi connectivity index (χ3v) is 3.24. The van der Waals surface area contributed by atoms with Crippen LogP contribution >= 0.6 is 24.8 Å². The molecule has 1 aromatic rings. The molecule has 1 N–H and O–H groups in total. The SMILES string of the molecule is CCCN(CCn1cccn1)C1CCNC1.Cl.Cl. The lowest BCUT2D eigenvalue weighted by atomic mass is 10.2. The normalized spacial score (nSPS) is 18.4. The Morgan fingerprint density at radius 1 is 1.39 bits per heavy atom. The maximum Gasteiger partial charge on any atom is 0.0536 e. The van der Waals surface area contributed by atoms with Crippen molar-refractivity contribution in [3.63, 3.8) is 0 Å². The van der Waals surface area contributed by atoms with Crippen molar-refractivity contribution in [2.24, 2.45) is 0 Å². The van der Waals surface area contributed by atoms with E-state index in [9.17, 15) is 0 Å². The number of rotatable bonds is 6. The van der Waals surface area contributed by atoms with E-state index in [0.717, 1.165) is 25.7 Å². The molecule has 1 aromatic heterocycles. The maximum absolute atomic E-state index is 4.25. The summed E-state index contributed by atoms with van der Waals surface area (Å²) in [6.45, 7) is 7.90. The lowest BCUT2D eigenvalue weighted by Crippen LogP contribution is -2.39. The molecule has 0 aliphatic carbocycles. The van der Waals surface area contributed by atoms with Gasteiger partial charge in [-0.05, 0) is 32.0 Å². The minimum absolute atomic E-state index is 0. The Kier molecular flexibility index (Phi) is 9.46. The summed E-state index contributed by atoms with van der Waals surface area (Å²) >= 11 is 0. The molecule has 1 saturated heterocycles. The van der Waals surface area contributed by atoms with E-state index in [0.29, 0.717) is 0 Å². The van der Waals surface area contributed by atoms with Gasteiger partial charge in [-0.25, -0.2) is 0 Å². The predicted octanol–water partition coefficient (Wildman–Crippen LogP) is 1.80. The molecule has 6 heteroatoms. The van der Waals surface area contributed by atoms with Crippen LogP contribution in [0.2, 0.25) is 0 Å². The van der Waals surface area contributed by atoms with Crippen LogP contribution in [0.25, 0.3) is 0 Å². The van der Waals surface area contributed by atoms with Crippen molar-refractivity contribution in [1.82, 2.24) is 20.0 Å². The number of hydrogen-bond acceptors (Lipinski definition) is 3. The minimum Gasteiger partial charge on any atom is -0.315 e. The van der Waals surface area contributed by atoms with E-state index in [1.807, 2.05) is 23.1 Å². The highest BCUT2D eigenvalue weighted by molar-refractivity contribution is 5.85. The molecule has 1 unspecified atom stereocenters. The van der Waals surface area contributed by atoms with Gasteiger partial charge in [-0.15, -0.1) is 24.8 Å². The van der Waals surface area contributed by atoms with E-state index >= 15 is 0 Å². The van der Waals surface area contributed by atoms with E-state index in [1.54, 1.807) is 0 Å². The second-order valence-corrected chi connectivity index (χ2v) is 4.45. The van der Waals surface area contributed by atoms with Crippen molar-refractivity contribution in [3.8, 4) is 0 Å². The molecule has 0 bridgehead atoms. The first kappa shape index (κ1) is 17.7. The molecule has 0 aromatic carbocycles. The van der Waals surface area contributed by atoms with Crippen LogP contribution in [-0.2, 0) is 6.54 Å². The third kappa shape index (κ3) is 5.14. The summed E-state index contributed by atoms with van der Waals surface area (Å²) in [6, 6.07) is 2.72. The largest absolute Gasteiger partial charge is 0.315 e. The number of nitrogens with one attached hydrogen (secondary N) is 1. The van der Waals surface area contributed by atoms with Gasteiger partial charge in [-0.3, -0.25) is 9.58 Å². The second-order valence-electron chi connectivity index (χ2n) is 4.45. The van der Waals surface area contributed by atoms with Crippen LogP contribution < -0.4 is 5.32 Å². The molecule has 0 amide bonds. The van der Waals surface area contributed by atoms with Crippen LogP contribution in [-0.4, -0.2) is 46.9 Å². The fourth-order valence-electron chi connectivity index (χ4n) is 2.38. The highest BCUT2D eigenvalue weighted by Gasteiger charge is 2.21. The Bertz CT molecular complexity index is 286. The summed E-state index contributed by atoms with van der Waals surface area (Å²) in [6.07, 6.45) is 6.41. The molecule has 0 spiro atoms. The third-order valence-electron chi connectivity index (χ3n) is 3.24. The van der Waals surface area contributed by atoms with Crippen molar-refractivity contribution < 1.29 is 0 Å². The molecule has 1 fully saturated rings. The molecular weight excluding hydrogens is 271 g/mol. The highest BCUT2D eigenvalue weighted by atomic mass is 35.5. The number of nitrogens with zero attached hydrogens (tertiary/aromatic N) is 3. The molecule has 2 rings (SSSR count). The molecular formula is C12H24Cl2N4. The molecule has 1 atom stereocenters. The number of halogens is 2. The Balaban J connectivity index is 0.00000144. The van der Waals surface area contributed by atoms with Crippen LogP contribution in [0.4, 0.5) is 0 Å². The molecule has 18 heavy (non-hydrogen) atoms. The van der Waals surface area contributed by atoms with Crippen molar-refractivity contribution in [3.05, 3.63) is 18.5 Å². The fourth-order valence-corrected chi connectivity index (χ4v) is 2.38. The van der Waals surface area contributed by atoms with Gasteiger partial charge in [0.15, 0.2) is 0 Å². The van der Waals surface area contributed by atoms with E-state index in [-0.39, 0.29) is 24.8 Å².